The topological polar surface area (TPSA) is 175 Å². The molecule has 0 spiro atoms. The summed E-state index contributed by atoms with van der Waals surface area (Å²) in [5.74, 6) is -1.89. The second-order valence-electron chi connectivity index (χ2n) is 7.69. The highest BCUT2D eigenvalue weighted by Crippen LogP contribution is 1.97. The van der Waals surface area contributed by atoms with Gasteiger partial charge in [0.15, 0.2) is 0 Å². The van der Waals surface area contributed by atoms with Gasteiger partial charge in [0.25, 0.3) is 0 Å². The first-order valence-corrected chi connectivity index (χ1v) is 13.5. The molecule has 1 aromatic rings. The molecular formula is C32H53N3O9. The molecule has 0 aliphatic rings. The molecule has 12 nitrogen and oxygen atoms in total. The Balaban J connectivity index is -0.000000141. The number of nitrogens with zero attached hydrogens (tertiary/aromatic N) is 1. The van der Waals surface area contributed by atoms with Gasteiger partial charge < -0.3 is 40.3 Å². The number of rotatable bonds is 14. The largest absolute Gasteiger partial charge is 0.478 e. The number of esters is 1. The fraction of sp³-hybridized carbons (Fsp3) is 0.375. The Morgan fingerprint density at radius 3 is 1.64 bits per heavy atom. The van der Waals surface area contributed by atoms with Crippen molar-refractivity contribution >= 4 is 29.8 Å². The molecule has 0 unspecified atom stereocenters. The van der Waals surface area contributed by atoms with E-state index < -0.39 is 5.97 Å². The van der Waals surface area contributed by atoms with Crippen LogP contribution in [-0.2, 0) is 28.7 Å². The first-order chi connectivity index (χ1) is 20.9. The van der Waals surface area contributed by atoms with Crippen LogP contribution in [-0.4, -0.2) is 97.9 Å². The van der Waals surface area contributed by atoms with Gasteiger partial charge in [0, 0.05) is 25.3 Å². The van der Waals surface area contributed by atoms with Gasteiger partial charge in [-0.2, -0.15) is 0 Å². The van der Waals surface area contributed by atoms with Crippen molar-refractivity contribution in [3.05, 3.63) is 93.1 Å². The van der Waals surface area contributed by atoms with Crippen molar-refractivity contribution < 1.29 is 44.0 Å². The van der Waals surface area contributed by atoms with Crippen LogP contribution in [0.25, 0.3) is 6.08 Å². The predicted molar refractivity (Wildman–Crippen MR) is 176 cm³/mol. The lowest BCUT2D eigenvalue weighted by atomic mass is 10.2. The zero-order valence-corrected chi connectivity index (χ0v) is 26.7. The molecule has 0 saturated carbocycles. The molecule has 250 valence electrons. The zero-order chi connectivity index (χ0) is 35.0. The highest BCUT2D eigenvalue weighted by molar-refractivity contribution is 5.87. The number of carboxylic acid groups (broad SMARTS) is 1. The van der Waals surface area contributed by atoms with E-state index in [0.29, 0.717) is 13.2 Å². The zero-order valence-electron chi connectivity index (χ0n) is 26.7. The van der Waals surface area contributed by atoms with Crippen LogP contribution in [0.1, 0.15) is 32.3 Å². The van der Waals surface area contributed by atoms with Crippen LogP contribution >= 0.6 is 0 Å². The van der Waals surface area contributed by atoms with Crippen LogP contribution in [0.15, 0.2) is 87.5 Å². The molecule has 1 aromatic carbocycles. The number of hydrogen-bond acceptors (Lipinski definition) is 9. The average molecular weight is 624 g/mol. The normalized spacial score (nSPS) is 8.34. The molecule has 2 amide bonds. The van der Waals surface area contributed by atoms with E-state index in [1.165, 1.54) is 11.6 Å². The van der Waals surface area contributed by atoms with Crippen molar-refractivity contribution in [3.63, 3.8) is 0 Å². The summed E-state index contributed by atoms with van der Waals surface area (Å²) in [5.41, 5.74) is 1.17. The number of likely N-dealkylation sites (N-methyl/N-ethyl adjacent to an activating group) is 1. The van der Waals surface area contributed by atoms with Crippen molar-refractivity contribution in [3.8, 4) is 0 Å². The number of nitrogens with one attached hydrogen (secondary N) is 2. The van der Waals surface area contributed by atoms with Crippen molar-refractivity contribution in [2.45, 2.75) is 26.7 Å². The summed E-state index contributed by atoms with van der Waals surface area (Å²) in [6, 6.07) is 10.0. The van der Waals surface area contributed by atoms with E-state index in [9.17, 15) is 19.2 Å². The Bertz CT molecular complexity index is 868. The molecule has 0 aliphatic heterocycles. The number of carboxylic acids is 1. The van der Waals surface area contributed by atoms with Gasteiger partial charge in [-0.3, -0.25) is 9.59 Å². The summed E-state index contributed by atoms with van der Waals surface area (Å²) in [5, 5.41) is 28.4. The Labute approximate surface area is 263 Å². The quantitative estimate of drug-likeness (QED) is 0.0896. The smallest absolute Gasteiger partial charge is 0.330 e. The minimum atomic E-state index is -0.981. The Hall–Kier alpha value is -4.36. The molecule has 1 rings (SSSR count). The summed E-state index contributed by atoms with van der Waals surface area (Å²) in [6.07, 6.45) is 8.27. The Morgan fingerprint density at radius 2 is 1.39 bits per heavy atom. The first-order valence-electron chi connectivity index (χ1n) is 13.5. The highest BCUT2D eigenvalue weighted by Gasteiger charge is 1.91. The lowest BCUT2D eigenvalue weighted by Crippen LogP contribution is -2.23. The second-order valence-corrected chi connectivity index (χ2v) is 7.69. The number of ether oxygens (including phenoxy) is 2. The van der Waals surface area contributed by atoms with Gasteiger partial charge in [0.1, 0.15) is 13.5 Å². The maximum absolute atomic E-state index is 10.5. The van der Waals surface area contributed by atoms with Gasteiger partial charge in [0.05, 0.1) is 13.2 Å². The fourth-order valence-electron chi connectivity index (χ4n) is 1.65. The number of carbonyl (C=O) groups excluding carboxylic acids is 3. The molecule has 0 bridgehead atoms. The van der Waals surface area contributed by atoms with E-state index in [1.807, 2.05) is 55.4 Å². The van der Waals surface area contributed by atoms with Crippen molar-refractivity contribution in [2.24, 2.45) is 0 Å². The monoisotopic (exact) mass is 623 g/mol. The summed E-state index contributed by atoms with van der Waals surface area (Å²) in [7, 11) is 3.85. The molecule has 0 aromatic heterocycles. The van der Waals surface area contributed by atoms with Crippen LogP contribution in [0.2, 0.25) is 0 Å². The third-order valence-electron chi connectivity index (χ3n) is 3.83. The molecule has 44 heavy (non-hydrogen) atoms. The number of amides is 2. The van der Waals surface area contributed by atoms with E-state index in [1.54, 1.807) is 6.92 Å². The molecule has 0 atom stereocenters. The average Bonchev–Trinajstić information content (AvgIpc) is 3.02. The number of benzene rings is 1. The number of hydrogen-bond donors (Lipinski definition) is 5. The second kappa shape index (κ2) is 43.1. The van der Waals surface area contributed by atoms with E-state index in [-0.39, 0.29) is 37.9 Å². The standard InChI is InChI=1S/C8H15NO2.C8H8.C5H8O2.C4H7NO2.C4H11NO.C3H4O2/c1-3-5-6-11-7-9-8(10)4-2;1-2-8-6-4-3-5-7-8;1-3-5(6)7-4-2;1-2-4(7)5-3-6;1-5(2)3-4-6;1-2-3(4)5/h4H,2-3,5-7H2,1H3,(H,9,10);2-7H,1H2;3H,1,4H2,2H3;2,6H,1,3H2,(H,5,7);6H,3-4H2,1-2H3;2H,1H2,(H,4,5). The van der Waals surface area contributed by atoms with E-state index in [2.05, 4.69) is 55.2 Å². The number of unbranched alkanes of at least 4 members (excludes halogenated alkanes) is 1. The van der Waals surface area contributed by atoms with Crippen molar-refractivity contribution in [2.75, 3.05) is 53.9 Å². The third kappa shape index (κ3) is 57.5. The van der Waals surface area contributed by atoms with Crippen LogP contribution < -0.4 is 10.6 Å². The Morgan fingerprint density at radius 1 is 0.864 bits per heavy atom. The van der Waals surface area contributed by atoms with Crippen LogP contribution in [0.3, 0.4) is 0 Å². The number of aliphatic carboxylic acids is 1. The third-order valence-corrected chi connectivity index (χ3v) is 3.83. The van der Waals surface area contributed by atoms with Gasteiger partial charge in [-0.05, 0) is 45.2 Å². The molecule has 0 aliphatic carbocycles. The minimum Gasteiger partial charge on any atom is -0.478 e. The first kappa shape index (κ1) is 49.3. The molecule has 0 saturated heterocycles. The maximum Gasteiger partial charge on any atom is 0.330 e. The molecular weight excluding hydrogens is 570 g/mol. The molecule has 0 fully saturated rings. The number of aliphatic hydroxyl groups is 2. The Kier molecular flexibility index (Phi) is 48.3. The number of carbonyl (C=O) groups is 4. The SMILES string of the molecule is C=CC(=O)NCO.C=CC(=O)NCOCCCC.C=CC(=O)O.C=CC(=O)OCC.C=Cc1ccccc1.CN(C)CCO. The fourth-order valence-corrected chi connectivity index (χ4v) is 1.65. The van der Waals surface area contributed by atoms with E-state index in [4.69, 9.17) is 20.1 Å². The van der Waals surface area contributed by atoms with Crippen molar-refractivity contribution in [1.82, 2.24) is 15.5 Å². The van der Waals surface area contributed by atoms with Crippen LogP contribution in [0.5, 0.6) is 0 Å². The van der Waals surface area contributed by atoms with Gasteiger partial charge in [0.2, 0.25) is 11.8 Å². The lowest BCUT2D eigenvalue weighted by molar-refractivity contribution is -0.137. The maximum atomic E-state index is 10.5. The highest BCUT2D eigenvalue weighted by atomic mass is 16.5. The van der Waals surface area contributed by atoms with Gasteiger partial charge in [-0.1, -0.05) is 82.6 Å². The minimum absolute atomic E-state index is 0.193. The number of aliphatic hydroxyl groups excluding tert-OH is 2. The summed E-state index contributed by atoms with van der Waals surface area (Å²) >= 11 is 0. The molecule has 5 N–H and O–H groups in total. The van der Waals surface area contributed by atoms with Crippen LogP contribution in [0.4, 0.5) is 0 Å². The van der Waals surface area contributed by atoms with Crippen LogP contribution in [0, 0.1) is 0 Å². The molecule has 12 heteroatoms. The summed E-state index contributed by atoms with van der Waals surface area (Å²) in [6.45, 7) is 22.2. The van der Waals surface area contributed by atoms with E-state index >= 15 is 0 Å². The molecule has 0 radical (unpaired) electrons. The lowest BCUT2D eigenvalue weighted by Gasteiger charge is -2.03. The van der Waals surface area contributed by atoms with Gasteiger partial charge in [-0.25, -0.2) is 9.59 Å². The van der Waals surface area contributed by atoms with Gasteiger partial charge >= 0.3 is 11.9 Å². The van der Waals surface area contributed by atoms with Crippen molar-refractivity contribution in [1.29, 1.82) is 0 Å². The summed E-state index contributed by atoms with van der Waals surface area (Å²) in [4.78, 5) is 41.8. The summed E-state index contributed by atoms with van der Waals surface area (Å²) < 4.78 is 9.50. The van der Waals surface area contributed by atoms with Gasteiger partial charge in [-0.15, -0.1) is 0 Å². The molecule has 0 heterocycles. The predicted octanol–water partition coefficient (Wildman–Crippen LogP) is 3.16. The van der Waals surface area contributed by atoms with E-state index in [0.717, 1.165) is 37.6 Å².